The molecule has 0 atom stereocenters. The van der Waals surface area contributed by atoms with E-state index in [2.05, 4.69) is 97.3 Å². The highest BCUT2D eigenvalue weighted by Crippen LogP contribution is 2.46. The van der Waals surface area contributed by atoms with Crippen molar-refractivity contribution in [2.45, 2.75) is 26.2 Å². The van der Waals surface area contributed by atoms with Crippen LogP contribution in [0.15, 0.2) is 103 Å². The second kappa shape index (κ2) is 9.66. The Hall–Kier alpha value is -5.77. The van der Waals surface area contributed by atoms with E-state index in [0.717, 1.165) is 56.1 Å². The molecule has 0 aromatic heterocycles. The maximum absolute atomic E-state index is 9.92. The number of rotatable bonds is 2. The summed E-state index contributed by atoms with van der Waals surface area (Å²) in [5.41, 5.74) is 12.0. The molecule has 0 fully saturated rings. The van der Waals surface area contributed by atoms with Crippen LogP contribution in [0.4, 0.5) is 34.1 Å². The lowest BCUT2D eigenvalue weighted by Gasteiger charge is -2.45. The van der Waals surface area contributed by atoms with Crippen molar-refractivity contribution in [3.8, 4) is 18.2 Å². The molecule has 0 saturated carbocycles. The Morgan fingerprint density at radius 1 is 0.535 bits per heavy atom. The summed E-state index contributed by atoms with van der Waals surface area (Å²) in [5, 5.41) is 29.5. The van der Waals surface area contributed by atoms with Crippen LogP contribution in [-0.2, 0) is 5.41 Å². The molecule has 5 nitrogen and oxygen atoms in total. The van der Waals surface area contributed by atoms with Gasteiger partial charge in [0.05, 0.1) is 34.9 Å². The van der Waals surface area contributed by atoms with Crippen LogP contribution < -0.4 is 26.2 Å². The van der Waals surface area contributed by atoms with Gasteiger partial charge in [0.1, 0.15) is 0 Å². The van der Waals surface area contributed by atoms with Crippen molar-refractivity contribution in [2.75, 3.05) is 9.80 Å². The van der Waals surface area contributed by atoms with Crippen LogP contribution in [0, 0.1) is 34.0 Å². The van der Waals surface area contributed by atoms with Crippen LogP contribution in [-0.4, -0.2) is 6.71 Å². The molecular formula is C37H26BN5. The van der Waals surface area contributed by atoms with Crippen LogP contribution in [0.3, 0.4) is 0 Å². The summed E-state index contributed by atoms with van der Waals surface area (Å²) in [7, 11) is 0. The lowest BCUT2D eigenvalue weighted by Crippen LogP contribution is -2.61. The SMILES string of the molecule is CC(C)(C)c1cc2c3c(c1)N(c1cccc(C#N)c1)c1cc(C#N)ccc1B3c1ccccc1N2c1cccc(C#N)c1. The predicted octanol–water partition coefficient (Wildman–Crippen LogP) is 6.68. The van der Waals surface area contributed by atoms with E-state index in [9.17, 15) is 15.8 Å². The molecule has 0 unspecified atom stereocenters. The zero-order chi connectivity index (χ0) is 29.9. The lowest BCUT2D eigenvalue weighted by atomic mass is 9.33. The number of para-hydroxylation sites is 1. The quantitative estimate of drug-likeness (QED) is 0.224. The van der Waals surface area contributed by atoms with Crippen LogP contribution in [0.1, 0.15) is 43.0 Å². The summed E-state index contributed by atoms with van der Waals surface area (Å²) in [4.78, 5) is 4.48. The minimum absolute atomic E-state index is 0.0799. The van der Waals surface area contributed by atoms with Crippen molar-refractivity contribution in [1.82, 2.24) is 0 Å². The first-order valence-electron chi connectivity index (χ1n) is 14.2. The molecule has 2 aliphatic heterocycles. The molecule has 0 radical (unpaired) electrons. The zero-order valence-electron chi connectivity index (χ0n) is 24.1. The van der Waals surface area contributed by atoms with Crippen LogP contribution in [0.2, 0.25) is 0 Å². The fourth-order valence-corrected chi connectivity index (χ4v) is 6.43. The Morgan fingerprint density at radius 3 is 1.65 bits per heavy atom. The van der Waals surface area contributed by atoms with E-state index in [1.54, 1.807) is 0 Å². The van der Waals surface area contributed by atoms with E-state index < -0.39 is 0 Å². The standard InChI is InChI=1S/C37H26BN5/c1-37(2,3)27-19-34-36-35(20-27)43(29-11-7-9-25(17-29)22-40)33-18-26(23-41)14-15-31(33)38(36)30-12-4-5-13-32(30)42(34)28-10-6-8-24(16-28)21-39/h4-20H,1-3H3. The Bertz CT molecular complexity index is 2090. The molecule has 5 aromatic carbocycles. The molecule has 202 valence electrons. The number of fused-ring (bicyclic) bond motifs is 4. The first-order valence-corrected chi connectivity index (χ1v) is 14.2. The average molecular weight is 551 g/mol. The fraction of sp³-hybridized carbons (Fsp3) is 0.108. The first-order chi connectivity index (χ1) is 20.8. The van der Waals surface area contributed by atoms with Gasteiger partial charge in [-0.2, -0.15) is 15.8 Å². The molecule has 2 aliphatic rings. The monoisotopic (exact) mass is 551 g/mol. The summed E-state index contributed by atoms with van der Waals surface area (Å²) in [5.74, 6) is 0. The smallest absolute Gasteiger partial charge is 0.252 e. The molecule has 0 N–H and O–H groups in total. The summed E-state index contributed by atoms with van der Waals surface area (Å²) >= 11 is 0. The van der Waals surface area contributed by atoms with Crippen LogP contribution in [0.25, 0.3) is 0 Å². The van der Waals surface area contributed by atoms with E-state index in [-0.39, 0.29) is 12.1 Å². The Balaban J connectivity index is 1.64. The lowest BCUT2D eigenvalue weighted by molar-refractivity contribution is 0.590. The molecule has 0 spiro atoms. The average Bonchev–Trinajstić information content (AvgIpc) is 3.03. The van der Waals surface area contributed by atoms with E-state index in [0.29, 0.717) is 16.7 Å². The zero-order valence-corrected chi connectivity index (χ0v) is 24.1. The predicted molar refractivity (Wildman–Crippen MR) is 173 cm³/mol. The number of nitriles is 3. The second-order valence-corrected chi connectivity index (χ2v) is 12.1. The Morgan fingerprint density at radius 2 is 1.07 bits per heavy atom. The molecule has 0 saturated heterocycles. The molecule has 5 aromatic rings. The summed E-state index contributed by atoms with van der Waals surface area (Å²) in [6, 6.07) is 41.3. The van der Waals surface area contributed by atoms with Gasteiger partial charge in [0, 0.05) is 34.1 Å². The van der Waals surface area contributed by atoms with Gasteiger partial charge in [-0.25, -0.2) is 0 Å². The van der Waals surface area contributed by atoms with Gasteiger partial charge in [-0.3, -0.25) is 0 Å². The van der Waals surface area contributed by atoms with Crippen LogP contribution in [0.5, 0.6) is 0 Å². The minimum Gasteiger partial charge on any atom is -0.311 e. The maximum atomic E-state index is 9.92. The van der Waals surface area contributed by atoms with Gasteiger partial charge in [0.25, 0.3) is 6.71 Å². The molecule has 0 aliphatic carbocycles. The van der Waals surface area contributed by atoms with Gasteiger partial charge in [-0.15, -0.1) is 0 Å². The van der Waals surface area contributed by atoms with Gasteiger partial charge in [-0.05, 0) is 94.1 Å². The van der Waals surface area contributed by atoms with Crippen molar-refractivity contribution in [3.05, 3.63) is 125 Å². The van der Waals surface area contributed by atoms with Gasteiger partial charge in [-0.1, -0.05) is 57.2 Å². The number of nitrogens with zero attached hydrogens (tertiary/aromatic N) is 5. The molecule has 7 rings (SSSR count). The molecule has 0 amide bonds. The van der Waals surface area contributed by atoms with Crippen LogP contribution >= 0.6 is 0 Å². The largest absolute Gasteiger partial charge is 0.311 e. The third kappa shape index (κ3) is 4.06. The van der Waals surface area contributed by atoms with Gasteiger partial charge < -0.3 is 9.80 Å². The normalized spacial score (nSPS) is 12.8. The van der Waals surface area contributed by atoms with Crippen molar-refractivity contribution in [2.24, 2.45) is 0 Å². The van der Waals surface area contributed by atoms with Gasteiger partial charge >= 0.3 is 0 Å². The maximum Gasteiger partial charge on any atom is 0.252 e. The first kappa shape index (κ1) is 26.2. The highest BCUT2D eigenvalue weighted by atomic mass is 15.2. The van der Waals surface area contributed by atoms with Crippen molar-refractivity contribution in [3.63, 3.8) is 0 Å². The minimum atomic E-state index is -0.173. The highest BCUT2D eigenvalue weighted by Gasteiger charge is 2.44. The Kier molecular flexibility index (Phi) is 5.88. The highest BCUT2D eigenvalue weighted by molar-refractivity contribution is 7.00. The molecule has 6 heteroatoms. The third-order valence-electron chi connectivity index (χ3n) is 8.44. The van der Waals surface area contributed by atoms with E-state index in [1.807, 2.05) is 54.6 Å². The second-order valence-electron chi connectivity index (χ2n) is 12.1. The van der Waals surface area contributed by atoms with E-state index in [1.165, 1.54) is 0 Å². The van der Waals surface area contributed by atoms with Gasteiger partial charge in [0.2, 0.25) is 0 Å². The molecular weight excluding hydrogens is 525 g/mol. The third-order valence-corrected chi connectivity index (χ3v) is 8.44. The topological polar surface area (TPSA) is 77.8 Å². The fourth-order valence-electron chi connectivity index (χ4n) is 6.43. The summed E-state index contributed by atoms with van der Waals surface area (Å²) in [6.45, 7) is 6.55. The van der Waals surface area contributed by atoms with E-state index >= 15 is 0 Å². The molecule has 0 bridgehead atoms. The van der Waals surface area contributed by atoms with Gasteiger partial charge in [0.15, 0.2) is 0 Å². The molecule has 43 heavy (non-hydrogen) atoms. The van der Waals surface area contributed by atoms with Crippen molar-refractivity contribution < 1.29 is 0 Å². The number of anilines is 6. The number of hydrogen-bond donors (Lipinski definition) is 0. The summed E-state index contributed by atoms with van der Waals surface area (Å²) < 4.78 is 0. The number of benzene rings is 5. The molecule has 2 heterocycles. The summed E-state index contributed by atoms with van der Waals surface area (Å²) in [6.07, 6.45) is 0. The van der Waals surface area contributed by atoms with Crippen molar-refractivity contribution in [1.29, 1.82) is 15.8 Å². The Labute approximate surface area is 252 Å². The number of hydrogen-bond acceptors (Lipinski definition) is 5. The van der Waals surface area contributed by atoms with Crippen molar-refractivity contribution >= 4 is 57.2 Å². The van der Waals surface area contributed by atoms with E-state index in [4.69, 9.17) is 0 Å².